The lowest BCUT2D eigenvalue weighted by Gasteiger charge is -2.15. The van der Waals surface area contributed by atoms with Crippen molar-refractivity contribution in [3.8, 4) is 0 Å². The highest BCUT2D eigenvalue weighted by Gasteiger charge is 2.10. The smallest absolute Gasteiger partial charge is 0.0507 e. The van der Waals surface area contributed by atoms with Gasteiger partial charge in [-0.3, -0.25) is 0 Å². The van der Waals surface area contributed by atoms with Gasteiger partial charge < -0.3 is 5.11 Å². The minimum atomic E-state index is 0.242. The highest BCUT2D eigenvalue weighted by molar-refractivity contribution is 7.98. The second-order valence-corrected chi connectivity index (χ2v) is 4.10. The van der Waals surface area contributed by atoms with Crippen LogP contribution in [0.15, 0.2) is 24.3 Å². The van der Waals surface area contributed by atoms with Gasteiger partial charge in [-0.25, -0.2) is 0 Å². The van der Waals surface area contributed by atoms with Gasteiger partial charge in [0, 0.05) is 11.7 Å². The fourth-order valence-electron chi connectivity index (χ4n) is 1.49. The Morgan fingerprint density at radius 3 is 2.62 bits per heavy atom. The number of hydrogen-bond donors (Lipinski definition) is 1. The van der Waals surface area contributed by atoms with Crippen molar-refractivity contribution < 1.29 is 5.11 Å². The molecule has 0 amide bonds. The number of benzene rings is 1. The zero-order chi connectivity index (χ0) is 9.68. The molecule has 13 heavy (non-hydrogen) atoms. The molecular formula is C11H16OS. The highest BCUT2D eigenvalue weighted by Crippen LogP contribution is 2.22. The molecule has 0 aliphatic heterocycles. The van der Waals surface area contributed by atoms with E-state index in [4.69, 9.17) is 0 Å². The Bertz CT molecular complexity index is 260. The van der Waals surface area contributed by atoms with Crippen molar-refractivity contribution in [1.82, 2.24) is 0 Å². The average molecular weight is 196 g/mol. The summed E-state index contributed by atoms with van der Waals surface area (Å²) in [6.45, 7) is 2.34. The third-order valence-corrected chi connectivity index (χ3v) is 2.95. The fraction of sp³-hybridized carbons (Fsp3) is 0.455. The number of aliphatic hydroxyl groups is 1. The van der Waals surface area contributed by atoms with Gasteiger partial charge in [0.15, 0.2) is 0 Å². The van der Waals surface area contributed by atoms with Gasteiger partial charge in [-0.2, -0.15) is 11.8 Å². The quantitative estimate of drug-likeness (QED) is 0.798. The Labute approximate surface area is 84.2 Å². The lowest BCUT2D eigenvalue weighted by atomic mass is 9.97. The molecule has 1 nitrogen and oxygen atoms in total. The maximum atomic E-state index is 9.22. The molecule has 1 rings (SSSR count). The number of hydrogen-bond acceptors (Lipinski definition) is 2. The minimum Gasteiger partial charge on any atom is -0.396 e. The van der Waals surface area contributed by atoms with Crippen LogP contribution in [0.25, 0.3) is 0 Å². The molecule has 0 heterocycles. The van der Waals surface area contributed by atoms with Crippen molar-refractivity contribution in [2.75, 3.05) is 18.6 Å². The van der Waals surface area contributed by atoms with Crippen LogP contribution in [0.5, 0.6) is 0 Å². The van der Waals surface area contributed by atoms with Gasteiger partial charge >= 0.3 is 0 Å². The van der Waals surface area contributed by atoms with Crippen LogP contribution in [0.4, 0.5) is 0 Å². The molecule has 72 valence electrons. The second kappa shape index (κ2) is 5.30. The summed E-state index contributed by atoms with van der Waals surface area (Å²) in [6.07, 6.45) is 2.07. The normalized spacial score (nSPS) is 12.8. The van der Waals surface area contributed by atoms with Crippen molar-refractivity contribution in [2.45, 2.75) is 12.8 Å². The van der Waals surface area contributed by atoms with E-state index in [1.54, 1.807) is 11.8 Å². The molecule has 1 unspecified atom stereocenters. The Balaban J connectivity index is 2.84. The van der Waals surface area contributed by atoms with Crippen molar-refractivity contribution in [2.24, 2.45) is 0 Å². The summed E-state index contributed by atoms with van der Waals surface area (Å²) in [7, 11) is 0. The van der Waals surface area contributed by atoms with Crippen LogP contribution in [0.1, 0.15) is 17.0 Å². The van der Waals surface area contributed by atoms with E-state index in [1.165, 1.54) is 11.1 Å². The van der Waals surface area contributed by atoms with Crippen molar-refractivity contribution in [1.29, 1.82) is 0 Å². The molecule has 0 bridgehead atoms. The highest BCUT2D eigenvalue weighted by atomic mass is 32.2. The number of thioether (sulfide) groups is 1. The van der Waals surface area contributed by atoms with E-state index in [9.17, 15) is 5.11 Å². The Morgan fingerprint density at radius 1 is 1.38 bits per heavy atom. The summed E-state index contributed by atoms with van der Waals surface area (Å²) in [5, 5.41) is 9.22. The maximum absolute atomic E-state index is 9.22. The Hall–Kier alpha value is -0.470. The molecule has 1 aromatic rings. The van der Waals surface area contributed by atoms with Crippen LogP contribution in [-0.2, 0) is 0 Å². The van der Waals surface area contributed by atoms with Gasteiger partial charge in [0.1, 0.15) is 0 Å². The van der Waals surface area contributed by atoms with Crippen LogP contribution in [0, 0.1) is 6.92 Å². The summed E-state index contributed by atoms with van der Waals surface area (Å²) in [5.74, 6) is 1.28. The number of aryl methyl sites for hydroxylation is 1. The molecule has 0 spiro atoms. The molecule has 0 saturated heterocycles. The summed E-state index contributed by atoms with van der Waals surface area (Å²) in [6, 6.07) is 8.27. The van der Waals surface area contributed by atoms with Crippen molar-refractivity contribution in [3.63, 3.8) is 0 Å². The van der Waals surface area contributed by atoms with E-state index in [0.29, 0.717) is 0 Å². The third kappa shape index (κ3) is 2.75. The monoisotopic (exact) mass is 196 g/mol. The van der Waals surface area contributed by atoms with Gasteiger partial charge in [0.25, 0.3) is 0 Å². The van der Waals surface area contributed by atoms with Gasteiger partial charge in [0.2, 0.25) is 0 Å². The van der Waals surface area contributed by atoms with Gasteiger partial charge in [-0.05, 0) is 24.3 Å². The zero-order valence-corrected chi connectivity index (χ0v) is 8.97. The first-order chi connectivity index (χ1) is 6.29. The van der Waals surface area contributed by atoms with E-state index in [-0.39, 0.29) is 12.5 Å². The molecule has 1 atom stereocenters. The summed E-state index contributed by atoms with van der Waals surface area (Å²) in [4.78, 5) is 0. The Morgan fingerprint density at radius 2 is 2.08 bits per heavy atom. The lowest BCUT2D eigenvalue weighted by molar-refractivity contribution is 0.274. The molecule has 0 fully saturated rings. The first-order valence-electron chi connectivity index (χ1n) is 4.45. The summed E-state index contributed by atoms with van der Waals surface area (Å²) < 4.78 is 0. The van der Waals surface area contributed by atoms with E-state index in [1.807, 2.05) is 12.1 Å². The topological polar surface area (TPSA) is 20.2 Å². The first kappa shape index (κ1) is 10.6. The van der Waals surface area contributed by atoms with Crippen LogP contribution < -0.4 is 0 Å². The molecule has 0 radical (unpaired) electrons. The SMILES string of the molecule is CSCC(CO)c1ccccc1C. The van der Waals surface area contributed by atoms with E-state index >= 15 is 0 Å². The van der Waals surface area contributed by atoms with Crippen LogP contribution >= 0.6 is 11.8 Å². The molecule has 1 N–H and O–H groups in total. The molecule has 0 saturated carbocycles. The molecule has 0 aromatic heterocycles. The number of rotatable bonds is 4. The predicted molar refractivity (Wildman–Crippen MR) is 59.4 cm³/mol. The third-order valence-electron chi connectivity index (χ3n) is 2.22. The summed E-state index contributed by atoms with van der Waals surface area (Å²) >= 11 is 1.78. The molecule has 0 aliphatic carbocycles. The molecular weight excluding hydrogens is 180 g/mol. The number of aliphatic hydroxyl groups excluding tert-OH is 1. The second-order valence-electron chi connectivity index (χ2n) is 3.19. The van der Waals surface area contributed by atoms with Gasteiger partial charge in [-0.15, -0.1) is 0 Å². The molecule has 0 aliphatic rings. The lowest BCUT2D eigenvalue weighted by Crippen LogP contribution is -2.08. The maximum Gasteiger partial charge on any atom is 0.0507 e. The predicted octanol–water partition coefficient (Wildman–Crippen LogP) is 2.43. The van der Waals surface area contributed by atoms with Crippen LogP contribution in [0.2, 0.25) is 0 Å². The van der Waals surface area contributed by atoms with Gasteiger partial charge in [0.05, 0.1) is 6.61 Å². The van der Waals surface area contributed by atoms with Gasteiger partial charge in [-0.1, -0.05) is 24.3 Å². The fourth-order valence-corrected chi connectivity index (χ4v) is 2.17. The van der Waals surface area contributed by atoms with Crippen molar-refractivity contribution in [3.05, 3.63) is 35.4 Å². The largest absolute Gasteiger partial charge is 0.396 e. The minimum absolute atomic E-state index is 0.242. The molecule has 1 aromatic carbocycles. The van der Waals surface area contributed by atoms with E-state index in [0.717, 1.165) is 5.75 Å². The summed E-state index contributed by atoms with van der Waals surface area (Å²) in [5.41, 5.74) is 2.55. The zero-order valence-electron chi connectivity index (χ0n) is 8.16. The Kier molecular flexibility index (Phi) is 4.33. The van der Waals surface area contributed by atoms with Crippen LogP contribution in [-0.4, -0.2) is 23.7 Å². The van der Waals surface area contributed by atoms with Crippen LogP contribution in [0.3, 0.4) is 0 Å². The van der Waals surface area contributed by atoms with E-state index < -0.39 is 0 Å². The molecule has 2 heteroatoms. The van der Waals surface area contributed by atoms with E-state index in [2.05, 4.69) is 25.3 Å². The standard InChI is InChI=1S/C11H16OS/c1-9-5-3-4-6-11(9)10(7-12)8-13-2/h3-6,10,12H,7-8H2,1-2H3. The van der Waals surface area contributed by atoms with Crippen molar-refractivity contribution >= 4 is 11.8 Å². The average Bonchev–Trinajstić information content (AvgIpc) is 2.16. The first-order valence-corrected chi connectivity index (χ1v) is 5.84.